The van der Waals surface area contributed by atoms with E-state index in [1.54, 1.807) is 6.08 Å². The molecule has 0 radical (unpaired) electrons. The quantitative estimate of drug-likeness (QED) is 0.535. The molecule has 0 saturated heterocycles. The van der Waals surface area contributed by atoms with Crippen LogP contribution >= 0.6 is 0 Å². The summed E-state index contributed by atoms with van der Waals surface area (Å²) in [7, 11) is 0. The van der Waals surface area contributed by atoms with Gasteiger partial charge in [0.1, 0.15) is 0 Å². The molecule has 2 rings (SSSR count). The predicted molar refractivity (Wildman–Crippen MR) is 48.8 cm³/mol. The Bertz CT molecular complexity index is 271. The lowest BCUT2D eigenvalue weighted by molar-refractivity contribution is -0.111. The SMILES string of the molecule is CC1C=CC(=O)C2=C1CCCC2. The molecule has 0 aromatic rings. The minimum Gasteiger partial charge on any atom is -0.290 e. The Morgan fingerprint density at radius 3 is 2.83 bits per heavy atom. The topological polar surface area (TPSA) is 17.1 Å². The van der Waals surface area contributed by atoms with E-state index in [1.807, 2.05) is 6.08 Å². The van der Waals surface area contributed by atoms with Gasteiger partial charge in [-0.2, -0.15) is 0 Å². The first kappa shape index (κ1) is 7.78. The van der Waals surface area contributed by atoms with Gasteiger partial charge in [0.25, 0.3) is 0 Å². The first-order valence-corrected chi connectivity index (χ1v) is 4.73. The zero-order valence-corrected chi connectivity index (χ0v) is 7.47. The molecule has 0 fully saturated rings. The average Bonchev–Trinajstić information content (AvgIpc) is 2.12. The summed E-state index contributed by atoms with van der Waals surface area (Å²) < 4.78 is 0. The highest BCUT2D eigenvalue weighted by atomic mass is 16.1. The summed E-state index contributed by atoms with van der Waals surface area (Å²) in [5.74, 6) is 0.779. The van der Waals surface area contributed by atoms with E-state index >= 15 is 0 Å². The van der Waals surface area contributed by atoms with Crippen molar-refractivity contribution < 1.29 is 4.79 Å². The van der Waals surface area contributed by atoms with Crippen LogP contribution in [-0.4, -0.2) is 5.78 Å². The molecule has 2 aliphatic carbocycles. The highest BCUT2D eigenvalue weighted by Crippen LogP contribution is 2.33. The molecule has 0 aromatic heterocycles. The van der Waals surface area contributed by atoms with E-state index in [1.165, 1.54) is 18.4 Å². The molecule has 1 unspecified atom stereocenters. The minimum absolute atomic E-state index is 0.266. The number of carbonyl (C=O) groups excluding carboxylic acids is 1. The number of ketones is 1. The molecular weight excluding hydrogens is 148 g/mol. The van der Waals surface area contributed by atoms with Gasteiger partial charge < -0.3 is 0 Å². The molecule has 0 bridgehead atoms. The smallest absolute Gasteiger partial charge is 0.181 e. The summed E-state index contributed by atoms with van der Waals surface area (Å²) >= 11 is 0. The van der Waals surface area contributed by atoms with E-state index in [0.717, 1.165) is 18.4 Å². The van der Waals surface area contributed by atoms with Crippen molar-refractivity contribution in [2.45, 2.75) is 32.6 Å². The number of carbonyl (C=O) groups is 1. The lowest BCUT2D eigenvalue weighted by atomic mass is 9.80. The summed E-state index contributed by atoms with van der Waals surface area (Å²) in [5, 5.41) is 0. The number of allylic oxidation sites excluding steroid dienone is 4. The molecule has 1 heteroatoms. The third-order valence-corrected chi connectivity index (χ3v) is 2.89. The van der Waals surface area contributed by atoms with Crippen molar-refractivity contribution in [3.05, 3.63) is 23.3 Å². The molecule has 0 saturated carbocycles. The second-order valence-corrected chi connectivity index (χ2v) is 3.72. The van der Waals surface area contributed by atoms with Gasteiger partial charge in [0, 0.05) is 0 Å². The van der Waals surface area contributed by atoms with Crippen molar-refractivity contribution in [2.75, 3.05) is 0 Å². The van der Waals surface area contributed by atoms with Crippen LogP contribution in [0.15, 0.2) is 23.3 Å². The lowest BCUT2D eigenvalue weighted by Gasteiger charge is -2.24. The number of hydrogen-bond donors (Lipinski definition) is 0. The maximum atomic E-state index is 11.4. The summed E-state index contributed by atoms with van der Waals surface area (Å²) in [6.45, 7) is 2.18. The van der Waals surface area contributed by atoms with E-state index in [4.69, 9.17) is 0 Å². The molecule has 0 aliphatic heterocycles. The Kier molecular flexibility index (Phi) is 1.87. The average molecular weight is 162 g/mol. The van der Waals surface area contributed by atoms with Crippen LogP contribution in [0.3, 0.4) is 0 Å². The fourth-order valence-corrected chi connectivity index (χ4v) is 2.16. The molecule has 0 N–H and O–H groups in total. The molecule has 0 spiro atoms. The Hall–Kier alpha value is -0.850. The van der Waals surface area contributed by atoms with Crippen molar-refractivity contribution in [1.29, 1.82) is 0 Å². The molecule has 0 aromatic carbocycles. The van der Waals surface area contributed by atoms with E-state index < -0.39 is 0 Å². The van der Waals surface area contributed by atoms with Crippen molar-refractivity contribution in [2.24, 2.45) is 5.92 Å². The van der Waals surface area contributed by atoms with Crippen LogP contribution < -0.4 is 0 Å². The molecule has 12 heavy (non-hydrogen) atoms. The van der Waals surface area contributed by atoms with Crippen molar-refractivity contribution in [3.63, 3.8) is 0 Å². The van der Waals surface area contributed by atoms with Gasteiger partial charge in [-0.05, 0) is 43.3 Å². The standard InChI is InChI=1S/C11H14O/c1-8-6-7-11(12)10-5-3-2-4-9(8)10/h6-8H,2-5H2,1H3. The monoisotopic (exact) mass is 162 g/mol. The zero-order valence-electron chi connectivity index (χ0n) is 7.47. The van der Waals surface area contributed by atoms with Crippen molar-refractivity contribution in [1.82, 2.24) is 0 Å². The molecule has 2 aliphatic rings. The van der Waals surface area contributed by atoms with Crippen molar-refractivity contribution >= 4 is 5.78 Å². The maximum absolute atomic E-state index is 11.4. The first-order chi connectivity index (χ1) is 5.79. The van der Waals surface area contributed by atoms with Gasteiger partial charge in [-0.3, -0.25) is 4.79 Å². The van der Waals surface area contributed by atoms with Gasteiger partial charge in [-0.1, -0.05) is 18.6 Å². The second kappa shape index (κ2) is 2.89. The number of hydrogen-bond acceptors (Lipinski definition) is 1. The van der Waals surface area contributed by atoms with Gasteiger partial charge in [0.15, 0.2) is 5.78 Å². The normalized spacial score (nSPS) is 29.1. The zero-order chi connectivity index (χ0) is 8.55. The fraction of sp³-hybridized carbons (Fsp3) is 0.545. The van der Waals surface area contributed by atoms with E-state index in [9.17, 15) is 4.79 Å². The van der Waals surface area contributed by atoms with E-state index in [-0.39, 0.29) is 5.78 Å². The Balaban J connectivity index is 2.36. The number of rotatable bonds is 0. The fourth-order valence-electron chi connectivity index (χ4n) is 2.16. The highest BCUT2D eigenvalue weighted by molar-refractivity contribution is 6.05. The Morgan fingerprint density at radius 1 is 1.33 bits per heavy atom. The van der Waals surface area contributed by atoms with Crippen LogP contribution in [0.2, 0.25) is 0 Å². The lowest BCUT2D eigenvalue weighted by Crippen LogP contribution is -2.16. The van der Waals surface area contributed by atoms with Gasteiger partial charge >= 0.3 is 0 Å². The van der Waals surface area contributed by atoms with Crippen LogP contribution in [0.4, 0.5) is 0 Å². The largest absolute Gasteiger partial charge is 0.290 e. The van der Waals surface area contributed by atoms with Crippen LogP contribution in [0.25, 0.3) is 0 Å². The molecule has 0 heterocycles. The summed E-state index contributed by atoms with van der Waals surface area (Å²) in [4.78, 5) is 11.4. The van der Waals surface area contributed by atoms with Gasteiger partial charge in [0.2, 0.25) is 0 Å². The Morgan fingerprint density at radius 2 is 2.08 bits per heavy atom. The Labute approximate surface area is 73.2 Å². The van der Waals surface area contributed by atoms with Crippen LogP contribution in [0, 0.1) is 5.92 Å². The second-order valence-electron chi connectivity index (χ2n) is 3.72. The van der Waals surface area contributed by atoms with E-state index in [0.29, 0.717) is 5.92 Å². The van der Waals surface area contributed by atoms with Crippen LogP contribution in [0.5, 0.6) is 0 Å². The van der Waals surface area contributed by atoms with Gasteiger partial charge in [-0.25, -0.2) is 0 Å². The molecule has 64 valence electrons. The predicted octanol–water partition coefficient (Wildman–Crippen LogP) is 2.63. The third-order valence-electron chi connectivity index (χ3n) is 2.89. The summed E-state index contributed by atoms with van der Waals surface area (Å²) in [5.41, 5.74) is 2.53. The molecule has 1 nitrogen and oxygen atoms in total. The van der Waals surface area contributed by atoms with E-state index in [2.05, 4.69) is 6.92 Å². The molecule has 1 atom stereocenters. The molecule has 0 amide bonds. The van der Waals surface area contributed by atoms with Gasteiger partial charge in [0.05, 0.1) is 0 Å². The minimum atomic E-state index is 0.266. The molecular formula is C11H14O. The van der Waals surface area contributed by atoms with Crippen LogP contribution in [0.1, 0.15) is 32.6 Å². The third kappa shape index (κ3) is 1.13. The van der Waals surface area contributed by atoms with Gasteiger partial charge in [-0.15, -0.1) is 0 Å². The summed E-state index contributed by atoms with van der Waals surface area (Å²) in [6.07, 6.45) is 8.41. The first-order valence-electron chi connectivity index (χ1n) is 4.73. The van der Waals surface area contributed by atoms with Crippen molar-refractivity contribution in [3.8, 4) is 0 Å². The summed E-state index contributed by atoms with van der Waals surface area (Å²) in [6, 6.07) is 0. The van der Waals surface area contributed by atoms with Crippen LogP contribution in [-0.2, 0) is 4.79 Å². The maximum Gasteiger partial charge on any atom is 0.181 e. The highest BCUT2D eigenvalue weighted by Gasteiger charge is 2.23.